The summed E-state index contributed by atoms with van der Waals surface area (Å²) in [6.45, 7) is 0. The van der Waals surface area contributed by atoms with Gasteiger partial charge in [-0.2, -0.15) is 16.8 Å². The van der Waals surface area contributed by atoms with Crippen LogP contribution in [0.5, 0.6) is 11.5 Å². The van der Waals surface area contributed by atoms with Crippen LogP contribution in [-0.2, 0) is 25.0 Å². The molecule has 0 aliphatic carbocycles. The average molecular weight is 422 g/mol. The minimum atomic E-state index is -3.63. The second kappa shape index (κ2) is 8.85. The molecule has 0 unspecified atom stereocenters. The maximum absolute atomic E-state index is 12.0. The van der Waals surface area contributed by atoms with Crippen LogP contribution in [0.2, 0.25) is 0 Å². The summed E-state index contributed by atoms with van der Waals surface area (Å²) in [6, 6.07) is 12.5. The van der Waals surface area contributed by atoms with Gasteiger partial charge in [0.1, 0.15) is 11.5 Å². The Kier molecular flexibility index (Phi) is 6.76. The highest BCUT2D eigenvalue weighted by atomic mass is 32.2. The molecule has 0 aromatic heterocycles. The Bertz CT molecular complexity index is 1040. The van der Waals surface area contributed by atoms with Gasteiger partial charge in [0, 0.05) is 0 Å². The second-order valence-electron chi connectivity index (χ2n) is 5.79. The molecule has 2 aromatic rings. The lowest BCUT2D eigenvalue weighted by Gasteiger charge is -2.03. The molecule has 0 saturated heterocycles. The van der Waals surface area contributed by atoms with E-state index in [1.54, 1.807) is 24.3 Å². The number of carbonyl (C=O) groups excluding carboxylic acids is 1. The molecule has 0 aliphatic rings. The summed E-state index contributed by atoms with van der Waals surface area (Å²) in [4.78, 5) is 12.0. The normalized spacial score (nSPS) is 12.4. The fraction of sp³-hybridized carbons (Fsp3) is 0.105. The molecule has 0 heterocycles. The van der Waals surface area contributed by atoms with E-state index < -0.39 is 20.2 Å². The standard InChI is InChI=1S/C19H18O7S2/c1-27(21,22)25-18-7-3-5-15(13-18)9-11-17(20)12-10-16-6-4-8-19(14-16)26-28(2,23)24/h3-14H,1-2H3/b11-9+,12-10+. The molecule has 2 rings (SSSR count). The van der Waals surface area contributed by atoms with Crippen LogP contribution >= 0.6 is 0 Å². The first-order valence-corrected chi connectivity index (χ1v) is 11.5. The third-order valence-electron chi connectivity index (χ3n) is 3.09. The highest BCUT2D eigenvalue weighted by Gasteiger charge is 2.05. The third kappa shape index (κ3) is 8.19. The van der Waals surface area contributed by atoms with Crippen LogP contribution in [-0.4, -0.2) is 35.1 Å². The van der Waals surface area contributed by atoms with Crippen molar-refractivity contribution >= 4 is 38.2 Å². The van der Waals surface area contributed by atoms with Gasteiger partial charge in [0.15, 0.2) is 5.78 Å². The minimum Gasteiger partial charge on any atom is -0.383 e. The third-order valence-corrected chi connectivity index (χ3v) is 4.08. The van der Waals surface area contributed by atoms with Crippen LogP contribution in [0.3, 0.4) is 0 Å². The minimum absolute atomic E-state index is 0.148. The van der Waals surface area contributed by atoms with Gasteiger partial charge in [-0.1, -0.05) is 36.4 Å². The van der Waals surface area contributed by atoms with Crippen molar-refractivity contribution in [1.82, 2.24) is 0 Å². The fourth-order valence-corrected chi connectivity index (χ4v) is 3.01. The van der Waals surface area contributed by atoms with E-state index in [0.29, 0.717) is 11.1 Å². The van der Waals surface area contributed by atoms with Crippen molar-refractivity contribution in [3.8, 4) is 11.5 Å². The molecule has 7 nitrogen and oxygen atoms in total. The smallest absolute Gasteiger partial charge is 0.306 e. The molecule has 0 aliphatic heterocycles. The lowest BCUT2D eigenvalue weighted by atomic mass is 10.1. The summed E-state index contributed by atoms with van der Waals surface area (Å²) < 4.78 is 54.2. The van der Waals surface area contributed by atoms with E-state index in [1.807, 2.05) is 0 Å². The average Bonchev–Trinajstić information content (AvgIpc) is 2.56. The SMILES string of the molecule is CS(=O)(=O)Oc1cccc(/C=C/C(=O)/C=C/c2cccc(OS(C)(=O)=O)c2)c1. The predicted molar refractivity (Wildman–Crippen MR) is 107 cm³/mol. The Hall–Kier alpha value is -2.91. The van der Waals surface area contributed by atoms with Crippen LogP contribution in [0.4, 0.5) is 0 Å². The van der Waals surface area contributed by atoms with E-state index in [1.165, 1.54) is 48.6 Å². The summed E-state index contributed by atoms with van der Waals surface area (Å²) in [6.07, 6.45) is 7.55. The molecule has 148 valence electrons. The van der Waals surface area contributed by atoms with Crippen molar-refractivity contribution in [3.05, 3.63) is 71.8 Å². The number of allylic oxidation sites excluding steroid dienone is 2. The topological polar surface area (TPSA) is 104 Å². The van der Waals surface area contributed by atoms with Crippen molar-refractivity contribution < 1.29 is 30.0 Å². The van der Waals surface area contributed by atoms with Gasteiger partial charge in [-0.15, -0.1) is 0 Å². The van der Waals surface area contributed by atoms with E-state index in [0.717, 1.165) is 12.5 Å². The molecule has 28 heavy (non-hydrogen) atoms. The van der Waals surface area contributed by atoms with Crippen molar-refractivity contribution in [1.29, 1.82) is 0 Å². The molecule has 0 spiro atoms. The summed E-state index contributed by atoms with van der Waals surface area (Å²) in [5.74, 6) is -0.0190. The monoisotopic (exact) mass is 422 g/mol. The zero-order valence-corrected chi connectivity index (χ0v) is 16.7. The molecule has 0 radical (unpaired) electrons. The molecule has 9 heteroatoms. The predicted octanol–water partition coefficient (Wildman–Crippen LogP) is 2.66. The highest BCUT2D eigenvalue weighted by Crippen LogP contribution is 2.17. The van der Waals surface area contributed by atoms with E-state index in [4.69, 9.17) is 8.37 Å². The van der Waals surface area contributed by atoms with E-state index >= 15 is 0 Å². The van der Waals surface area contributed by atoms with Crippen LogP contribution in [0, 0.1) is 0 Å². The van der Waals surface area contributed by atoms with Gasteiger partial charge < -0.3 is 8.37 Å². The van der Waals surface area contributed by atoms with E-state index in [9.17, 15) is 21.6 Å². The van der Waals surface area contributed by atoms with Gasteiger partial charge in [-0.25, -0.2) is 0 Å². The Labute approximate surface area is 164 Å². The van der Waals surface area contributed by atoms with Crippen molar-refractivity contribution in [2.24, 2.45) is 0 Å². The largest absolute Gasteiger partial charge is 0.383 e. The van der Waals surface area contributed by atoms with Gasteiger partial charge in [0.25, 0.3) is 0 Å². The van der Waals surface area contributed by atoms with Crippen LogP contribution in [0.1, 0.15) is 11.1 Å². The quantitative estimate of drug-likeness (QED) is 0.476. The van der Waals surface area contributed by atoms with Crippen molar-refractivity contribution in [3.63, 3.8) is 0 Å². The maximum Gasteiger partial charge on any atom is 0.306 e. The van der Waals surface area contributed by atoms with Crippen LogP contribution in [0.15, 0.2) is 60.7 Å². The number of hydrogen-bond acceptors (Lipinski definition) is 7. The van der Waals surface area contributed by atoms with Crippen molar-refractivity contribution in [2.75, 3.05) is 12.5 Å². The summed E-state index contributed by atoms with van der Waals surface area (Å²) in [5.41, 5.74) is 1.18. The molecule has 0 saturated carbocycles. The van der Waals surface area contributed by atoms with Gasteiger partial charge >= 0.3 is 20.2 Å². The Morgan fingerprint density at radius 2 is 1.14 bits per heavy atom. The fourth-order valence-electron chi connectivity index (χ4n) is 2.10. The number of rotatable bonds is 8. The molecular formula is C19H18O7S2. The first-order chi connectivity index (χ1) is 13.0. The molecule has 0 N–H and O–H groups in total. The summed E-state index contributed by atoms with van der Waals surface area (Å²) in [5, 5.41) is 0. The van der Waals surface area contributed by atoms with Gasteiger partial charge in [-0.3, -0.25) is 4.79 Å². The van der Waals surface area contributed by atoms with Crippen LogP contribution < -0.4 is 8.37 Å². The molecule has 0 fully saturated rings. The van der Waals surface area contributed by atoms with Gasteiger partial charge in [0.05, 0.1) is 12.5 Å². The molecule has 2 aromatic carbocycles. The second-order valence-corrected chi connectivity index (χ2v) is 8.94. The summed E-state index contributed by atoms with van der Waals surface area (Å²) >= 11 is 0. The number of benzene rings is 2. The first kappa shape index (κ1) is 21.4. The number of ketones is 1. The Morgan fingerprint density at radius 1 is 0.750 bits per heavy atom. The van der Waals surface area contributed by atoms with Gasteiger partial charge in [0.2, 0.25) is 0 Å². The molecular weight excluding hydrogens is 404 g/mol. The molecule has 0 atom stereocenters. The summed E-state index contributed by atoms with van der Waals surface area (Å²) in [7, 11) is -7.26. The van der Waals surface area contributed by atoms with E-state index in [2.05, 4.69) is 0 Å². The lowest BCUT2D eigenvalue weighted by Crippen LogP contribution is -2.05. The maximum atomic E-state index is 12.0. The van der Waals surface area contributed by atoms with Gasteiger partial charge in [-0.05, 0) is 47.5 Å². The molecule has 0 bridgehead atoms. The first-order valence-electron chi connectivity index (χ1n) is 7.89. The molecule has 0 amide bonds. The van der Waals surface area contributed by atoms with Crippen LogP contribution in [0.25, 0.3) is 12.2 Å². The van der Waals surface area contributed by atoms with E-state index in [-0.39, 0.29) is 17.3 Å². The Morgan fingerprint density at radius 3 is 1.50 bits per heavy atom. The Balaban J connectivity index is 2.06. The van der Waals surface area contributed by atoms with Crippen molar-refractivity contribution in [2.45, 2.75) is 0 Å². The number of carbonyl (C=O) groups is 1. The zero-order valence-electron chi connectivity index (χ0n) is 15.1. The highest BCUT2D eigenvalue weighted by molar-refractivity contribution is 7.86. The number of hydrogen-bond donors (Lipinski definition) is 0. The lowest BCUT2D eigenvalue weighted by molar-refractivity contribution is -0.110. The zero-order chi connectivity index (χ0) is 20.8.